The average Bonchev–Trinajstić information content (AvgIpc) is 3.35. The van der Waals surface area contributed by atoms with E-state index in [2.05, 4.69) is 10.6 Å². The normalized spacial score (nSPS) is 17.9. The number of likely N-dealkylation sites (tertiary alicyclic amines) is 1. The number of aryl methyl sites for hydroxylation is 2. The molecule has 1 N–H and O–H groups in total. The van der Waals surface area contributed by atoms with Crippen LogP contribution in [0.3, 0.4) is 0 Å². The third-order valence-corrected chi connectivity index (χ3v) is 7.76. The number of carbonyl (C=O) groups excluding carboxylic acids is 1. The lowest BCUT2D eigenvalue weighted by Crippen LogP contribution is -2.35. The molecule has 0 saturated carbocycles. The van der Waals surface area contributed by atoms with Crippen molar-refractivity contribution < 1.29 is 14.7 Å². The molecule has 1 amide bonds. The van der Waals surface area contributed by atoms with Crippen molar-refractivity contribution in [2.45, 2.75) is 51.9 Å². The Labute approximate surface area is 216 Å². The summed E-state index contributed by atoms with van der Waals surface area (Å²) in [6.07, 6.45) is 6.49. The number of hydrogen-bond acceptors (Lipinski definition) is 2. The maximum Gasteiger partial charge on any atom is 0.311 e. The highest BCUT2D eigenvalue weighted by Gasteiger charge is 2.43. The van der Waals surface area contributed by atoms with E-state index in [1.54, 1.807) is 11.8 Å². The van der Waals surface area contributed by atoms with Gasteiger partial charge in [0, 0.05) is 46.8 Å². The first-order valence-corrected chi connectivity index (χ1v) is 13.0. The Morgan fingerprint density at radius 3 is 2.40 bits per heavy atom. The molecular weight excluding hydrogens is 483 g/mol. The van der Waals surface area contributed by atoms with E-state index in [0.717, 1.165) is 60.1 Å². The van der Waals surface area contributed by atoms with E-state index in [9.17, 15) is 14.7 Å². The quantitative estimate of drug-likeness (QED) is 0.320. The monoisotopic (exact) mass is 514 g/mol. The Morgan fingerprint density at radius 1 is 1.00 bits per heavy atom. The molecule has 1 unspecified atom stereocenters. The van der Waals surface area contributed by atoms with Gasteiger partial charge in [-0.1, -0.05) is 48.2 Å². The summed E-state index contributed by atoms with van der Waals surface area (Å²) in [4.78, 5) is 27.1. The molecule has 3 aromatic rings. The van der Waals surface area contributed by atoms with E-state index in [0.29, 0.717) is 23.6 Å². The predicted molar refractivity (Wildman–Crippen MR) is 142 cm³/mol. The van der Waals surface area contributed by atoms with Gasteiger partial charge in [0.15, 0.2) is 0 Å². The zero-order valence-electron chi connectivity index (χ0n) is 20.3. The van der Waals surface area contributed by atoms with Crippen molar-refractivity contribution in [3.8, 4) is 0 Å². The topological polar surface area (TPSA) is 62.5 Å². The number of halogens is 2. The fourth-order valence-electron chi connectivity index (χ4n) is 5.14. The van der Waals surface area contributed by atoms with Crippen LogP contribution in [0.25, 0.3) is 10.9 Å². The van der Waals surface area contributed by atoms with E-state index in [-0.39, 0.29) is 12.5 Å². The lowest BCUT2D eigenvalue weighted by molar-refractivity contribution is -0.147. The van der Waals surface area contributed by atoms with Crippen molar-refractivity contribution in [2.24, 2.45) is 12.5 Å². The van der Waals surface area contributed by atoms with Crippen molar-refractivity contribution in [1.82, 2.24) is 9.47 Å². The molecule has 0 bridgehead atoms. The second-order valence-corrected chi connectivity index (χ2v) is 10.8. The maximum absolute atomic E-state index is 13.7. The van der Waals surface area contributed by atoms with Crippen molar-refractivity contribution in [1.29, 1.82) is 0 Å². The summed E-state index contributed by atoms with van der Waals surface area (Å²) in [5.41, 5.74) is 2.98. The highest BCUT2D eigenvalue weighted by molar-refractivity contribution is 6.31. The summed E-state index contributed by atoms with van der Waals surface area (Å²) in [6, 6.07) is 13.7. The van der Waals surface area contributed by atoms with Crippen LogP contribution in [0.5, 0.6) is 0 Å². The lowest BCUT2D eigenvalue weighted by Gasteiger charge is -2.21. The second-order valence-electron chi connectivity index (χ2n) is 9.93. The summed E-state index contributed by atoms with van der Waals surface area (Å²) >= 11 is 12.4. The number of unbranched alkanes of at least 4 members (excludes halogenated alkanes) is 3. The Kier molecular flexibility index (Phi) is 7.77. The van der Waals surface area contributed by atoms with Crippen LogP contribution >= 0.6 is 23.2 Å². The Hall–Kier alpha value is -2.50. The Balaban J connectivity index is 1.47. The number of rotatable bonds is 9. The SMILES string of the molecule is Cn1c(CCCCCCc2cccc(Cl)c2)c(C(=O)N2CCC(C)(C(=O)O)C2)c2cc(Cl)ccc21. The van der Waals surface area contributed by atoms with E-state index in [4.69, 9.17) is 23.2 Å². The first-order valence-electron chi connectivity index (χ1n) is 12.2. The van der Waals surface area contributed by atoms with Gasteiger partial charge < -0.3 is 14.6 Å². The van der Waals surface area contributed by atoms with Crippen LogP contribution < -0.4 is 0 Å². The highest BCUT2D eigenvalue weighted by Crippen LogP contribution is 2.35. The molecule has 1 atom stereocenters. The number of aromatic nitrogens is 1. The molecule has 35 heavy (non-hydrogen) atoms. The number of aliphatic carboxylic acids is 1. The molecule has 1 aromatic heterocycles. The number of carbonyl (C=O) groups is 2. The summed E-state index contributed by atoms with van der Waals surface area (Å²) in [7, 11) is 1.99. The van der Waals surface area contributed by atoms with Gasteiger partial charge >= 0.3 is 5.97 Å². The molecule has 0 aliphatic carbocycles. The van der Waals surface area contributed by atoms with Crippen LogP contribution in [0.1, 0.15) is 60.6 Å². The van der Waals surface area contributed by atoms with Gasteiger partial charge in [-0.2, -0.15) is 0 Å². The number of nitrogens with zero attached hydrogens (tertiary/aromatic N) is 2. The third-order valence-electron chi connectivity index (χ3n) is 7.29. The van der Waals surface area contributed by atoms with Crippen molar-refractivity contribution in [3.63, 3.8) is 0 Å². The molecule has 1 saturated heterocycles. The van der Waals surface area contributed by atoms with Crippen molar-refractivity contribution >= 4 is 46.0 Å². The zero-order chi connectivity index (χ0) is 25.2. The fourth-order valence-corrected chi connectivity index (χ4v) is 5.52. The van der Waals surface area contributed by atoms with Gasteiger partial charge in [-0.15, -0.1) is 0 Å². The minimum absolute atomic E-state index is 0.0983. The Morgan fingerprint density at radius 2 is 1.71 bits per heavy atom. The van der Waals surface area contributed by atoms with Crippen LogP contribution in [-0.2, 0) is 24.7 Å². The molecule has 2 aromatic carbocycles. The van der Waals surface area contributed by atoms with Gasteiger partial charge in [0.05, 0.1) is 11.0 Å². The van der Waals surface area contributed by atoms with Gasteiger partial charge in [0.25, 0.3) is 5.91 Å². The smallest absolute Gasteiger partial charge is 0.311 e. The van der Waals surface area contributed by atoms with Crippen molar-refractivity contribution in [2.75, 3.05) is 13.1 Å². The second kappa shape index (κ2) is 10.6. The summed E-state index contributed by atoms with van der Waals surface area (Å²) in [5, 5.41) is 11.8. The zero-order valence-corrected chi connectivity index (χ0v) is 21.8. The van der Waals surface area contributed by atoms with Crippen LogP contribution in [0.2, 0.25) is 10.0 Å². The number of amides is 1. The lowest BCUT2D eigenvalue weighted by atomic mass is 9.90. The predicted octanol–water partition coefficient (Wildman–Crippen LogP) is 6.77. The first kappa shape index (κ1) is 25.6. The third kappa shape index (κ3) is 5.52. The summed E-state index contributed by atoms with van der Waals surface area (Å²) in [5.74, 6) is -0.953. The van der Waals surface area contributed by atoms with E-state index >= 15 is 0 Å². The number of benzene rings is 2. The summed E-state index contributed by atoms with van der Waals surface area (Å²) in [6.45, 7) is 2.38. The molecule has 1 aliphatic rings. The molecule has 1 aliphatic heterocycles. The number of fused-ring (bicyclic) bond motifs is 1. The van der Waals surface area contributed by atoms with Crippen molar-refractivity contribution in [3.05, 3.63) is 69.3 Å². The molecule has 4 rings (SSSR count). The minimum atomic E-state index is -0.902. The first-order chi connectivity index (χ1) is 16.7. The van der Waals surface area contributed by atoms with E-state index in [1.165, 1.54) is 5.56 Å². The van der Waals surface area contributed by atoms with Gasteiger partial charge in [0.1, 0.15) is 0 Å². The van der Waals surface area contributed by atoms with Crippen LogP contribution in [0, 0.1) is 5.41 Å². The molecule has 0 radical (unpaired) electrons. The largest absolute Gasteiger partial charge is 0.481 e. The van der Waals surface area contributed by atoms with Gasteiger partial charge in [-0.05, 0) is 74.9 Å². The summed E-state index contributed by atoms with van der Waals surface area (Å²) < 4.78 is 2.09. The highest BCUT2D eigenvalue weighted by atomic mass is 35.5. The average molecular weight is 515 g/mol. The maximum atomic E-state index is 13.7. The molecule has 0 spiro atoms. The molecule has 5 nitrogen and oxygen atoms in total. The fraction of sp³-hybridized carbons (Fsp3) is 0.429. The van der Waals surface area contributed by atoms with Crippen LogP contribution in [0.4, 0.5) is 0 Å². The molecule has 2 heterocycles. The number of carboxylic acids is 1. The molecular formula is C28H32Cl2N2O3. The molecule has 186 valence electrons. The van der Waals surface area contributed by atoms with Gasteiger partial charge in [-0.3, -0.25) is 9.59 Å². The molecule has 1 fully saturated rings. The standard InChI is InChI=1S/C28H32Cl2N2O3/c1-28(27(34)35)14-15-32(18-28)26(33)25-22-17-21(30)12-13-23(22)31(2)24(25)11-6-4-3-5-8-19-9-7-10-20(29)16-19/h7,9-10,12-13,16-17H,3-6,8,11,14-15,18H2,1-2H3,(H,34,35). The van der Waals surface area contributed by atoms with Crippen LogP contribution in [-0.4, -0.2) is 39.5 Å². The number of hydrogen-bond donors (Lipinski definition) is 1. The van der Waals surface area contributed by atoms with Gasteiger partial charge in [-0.25, -0.2) is 0 Å². The van der Waals surface area contributed by atoms with E-state index in [1.807, 2.05) is 43.4 Å². The van der Waals surface area contributed by atoms with Crippen LogP contribution in [0.15, 0.2) is 42.5 Å². The number of carboxylic acid groups (broad SMARTS) is 1. The minimum Gasteiger partial charge on any atom is -0.481 e. The Bertz CT molecular complexity index is 1250. The van der Waals surface area contributed by atoms with E-state index < -0.39 is 11.4 Å². The van der Waals surface area contributed by atoms with Gasteiger partial charge in [0.2, 0.25) is 0 Å². The molecule has 7 heteroatoms.